The summed E-state index contributed by atoms with van der Waals surface area (Å²) in [4.78, 5) is 6.62. The van der Waals surface area contributed by atoms with Crippen molar-refractivity contribution in [3.63, 3.8) is 0 Å². The molecule has 0 unspecified atom stereocenters. The number of nitrogens with one attached hydrogen (secondary N) is 1. The first-order valence-electron chi connectivity index (χ1n) is 7.16. The predicted octanol–water partition coefficient (Wildman–Crippen LogP) is 3.38. The van der Waals surface area contributed by atoms with Crippen LogP contribution in [0, 0.1) is 0 Å². The van der Waals surface area contributed by atoms with Crippen molar-refractivity contribution < 1.29 is 9.47 Å². The maximum Gasteiger partial charge on any atom is 0.175 e. The molecule has 0 bridgehead atoms. The molecule has 1 N–H and O–H groups in total. The van der Waals surface area contributed by atoms with Crippen LogP contribution in [0.2, 0.25) is 0 Å². The van der Waals surface area contributed by atoms with Crippen LogP contribution in [0.4, 0.5) is 5.82 Å². The van der Waals surface area contributed by atoms with E-state index in [0.29, 0.717) is 11.5 Å². The first-order chi connectivity index (χ1) is 10.6. The van der Waals surface area contributed by atoms with Gasteiger partial charge in [-0.3, -0.25) is 0 Å². The number of rotatable bonds is 7. The van der Waals surface area contributed by atoms with Gasteiger partial charge in [0, 0.05) is 23.5 Å². The molecule has 0 amide bonds. The summed E-state index contributed by atoms with van der Waals surface area (Å²) in [5, 5.41) is 5.46. The second-order valence-corrected chi connectivity index (χ2v) is 6.06. The number of ether oxygens (including phenoxy) is 2. The van der Waals surface area contributed by atoms with Gasteiger partial charge in [-0.15, -0.1) is 0 Å². The normalized spacial score (nSPS) is 11.0. The summed E-state index contributed by atoms with van der Waals surface area (Å²) in [7, 11) is 7.42. The van der Waals surface area contributed by atoms with Crippen LogP contribution in [0.1, 0.15) is 6.42 Å². The number of nitrogens with zero attached hydrogens (tertiary/aromatic N) is 2. The SMILES string of the molecule is COc1cc2c(NCCCN(C)C)nccc2c(Br)c1OC. The molecule has 0 saturated heterocycles. The molecule has 22 heavy (non-hydrogen) atoms. The molecule has 120 valence electrons. The highest BCUT2D eigenvalue weighted by atomic mass is 79.9. The number of methoxy groups -OCH3 is 2. The minimum Gasteiger partial charge on any atom is -0.493 e. The van der Waals surface area contributed by atoms with Crippen molar-refractivity contribution >= 4 is 32.5 Å². The van der Waals surface area contributed by atoms with Gasteiger partial charge in [0.15, 0.2) is 11.5 Å². The van der Waals surface area contributed by atoms with Gasteiger partial charge in [0.2, 0.25) is 0 Å². The summed E-state index contributed by atoms with van der Waals surface area (Å²) in [5.74, 6) is 2.24. The lowest BCUT2D eigenvalue weighted by Gasteiger charge is -2.15. The van der Waals surface area contributed by atoms with Gasteiger partial charge >= 0.3 is 0 Å². The smallest absolute Gasteiger partial charge is 0.175 e. The standard InChI is InChI=1S/C16H22BrN3O2/c1-20(2)9-5-7-18-16-12-10-13(21-3)15(22-4)14(17)11(12)6-8-19-16/h6,8,10H,5,7,9H2,1-4H3,(H,18,19). The largest absolute Gasteiger partial charge is 0.493 e. The Morgan fingerprint density at radius 2 is 2.00 bits per heavy atom. The number of aromatic nitrogens is 1. The molecule has 0 fully saturated rings. The molecule has 0 atom stereocenters. The fraction of sp³-hybridized carbons (Fsp3) is 0.438. The maximum absolute atomic E-state index is 5.42. The van der Waals surface area contributed by atoms with Gasteiger partial charge in [-0.2, -0.15) is 0 Å². The Hall–Kier alpha value is -1.53. The Labute approximate surface area is 139 Å². The summed E-state index contributed by atoms with van der Waals surface area (Å²) >= 11 is 3.60. The van der Waals surface area contributed by atoms with Gasteiger partial charge < -0.3 is 19.7 Å². The molecule has 6 heteroatoms. The minimum absolute atomic E-state index is 0.686. The van der Waals surface area contributed by atoms with E-state index in [2.05, 4.69) is 45.2 Å². The van der Waals surface area contributed by atoms with Gasteiger partial charge in [-0.1, -0.05) is 0 Å². The fourth-order valence-corrected chi connectivity index (χ4v) is 3.03. The average molecular weight is 368 g/mol. The topological polar surface area (TPSA) is 46.6 Å². The number of benzene rings is 1. The van der Waals surface area contributed by atoms with Crippen LogP contribution < -0.4 is 14.8 Å². The monoisotopic (exact) mass is 367 g/mol. The van der Waals surface area contributed by atoms with E-state index in [-0.39, 0.29) is 0 Å². The number of hydrogen-bond donors (Lipinski definition) is 1. The summed E-state index contributed by atoms with van der Waals surface area (Å²) in [6.45, 7) is 1.91. The van der Waals surface area contributed by atoms with Gasteiger partial charge in [0.25, 0.3) is 0 Å². The Morgan fingerprint density at radius 3 is 2.64 bits per heavy atom. The average Bonchev–Trinajstić information content (AvgIpc) is 2.51. The molecule has 1 heterocycles. The van der Waals surface area contributed by atoms with Crippen LogP contribution in [-0.4, -0.2) is 51.3 Å². The molecular weight excluding hydrogens is 346 g/mol. The molecule has 5 nitrogen and oxygen atoms in total. The number of fused-ring (bicyclic) bond motifs is 1. The van der Waals surface area contributed by atoms with Gasteiger partial charge in [-0.05, 0) is 55.1 Å². The maximum atomic E-state index is 5.42. The molecule has 0 aliphatic heterocycles. The Bertz CT molecular complexity index is 647. The quantitative estimate of drug-likeness (QED) is 0.760. The van der Waals surface area contributed by atoms with Crippen LogP contribution >= 0.6 is 15.9 Å². The third-order valence-electron chi connectivity index (χ3n) is 3.42. The zero-order valence-corrected chi connectivity index (χ0v) is 15.0. The van der Waals surface area contributed by atoms with E-state index in [4.69, 9.17) is 9.47 Å². The molecule has 0 radical (unpaired) electrons. The van der Waals surface area contributed by atoms with E-state index in [1.165, 1.54) is 0 Å². The molecule has 0 aliphatic carbocycles. The zero-order chi connectivity index (χ0) is 16.1. The third kappa shape index (κ3) is 3.62. The Balaban J connectivity index is 2.33. The van der Waals surface area contributed by atoms with Crippen LogP contribution in [0.25, 0.3) is 10.8 Å². The summed E-state index contributed by atoms with van der Waals surface area (Å²) < 4.78 is 11.7. The van der Waals surface area contributed by atoms with Crippen LogP contribution in [0.3, 0.4) is 0 Å². The van der Waals surface area contributed by atoms with E-state index in [0.717, 1.165) is 40.6 Å². The number of anilines is 1. The van der Waals surface area contributed by atoms with Crippen molar-refractivity contribution in [2.75, 3.05) is 46.7 Å². The summed E-state index contributed by atoms with van der Waals surface area (Å²) in [6, 6.07) is 3.92. The highest BCUT2D eigenvalue weighted by molar-refractivity contribution is 9.10. The molecule has 0 saturated carbocycles. The van der Waals surface area contributed by atoms with Crippen molar-refractivity contribution in [3.05, 3.63) is 22.8 Å². The molecule has 0 spiro atoms. The van der Waals surface area contributed by atoms with Crippen LogP contribution in [0.5, 0.6) is 11.5 Å². The molecular formula is C16H22BrN3O2. The molecule has 1 aromatic heterocycles. The molecule has 0 aliphatic rings. The van der Waals surface area contributed by atoms with E-state index >= 15 is 0 Å². The number of halogens is 1. The lowest BCUT2D eigenvalue weighted by atomic mass is 10.1. The van der Waals surface area contributed by atoms with Crippen molar-refractivity contribution in [1.29, 1.82) is 0 Å². The lowest BCUT2D eigenvalue weighted by Crippen LogP contribution is -2.16. The predicted molar refractivity (Wildman–Crippen MR) is 94.2 cm³/mol. The van der Waals surface area contributed by atoms with Gasteiger partial charge in [0.1, 0.15) is 5.82 Å². The van der Waals surface area contributed by atoms with E-state index in [9.17, 15) is 0 Å². The third-order valence-corrected chi connectivity index (χ3v) is 4.21. The van der Waals surface area contributed by atoms with Crippen LogP contribution in [0.15, 0.2) is 22.8 Å². The van der Waals surface area contributed by atoms with Crippen LogP contribution in [-0.2, 0) is 0 Å². The second-order valence-electron chi connectivity index (χ2n) is 5.26. The van der Waals surface area contributed by atoms with E-state index in [1.54, 1.807) is 20.4 Å². The number of pyridine rings is 1. The van der Waals surface area contributed by atoms with Crippen molar-refractivity contribution in [3.8, 4) is 11.5 Å². The lowest BCUT2D eigenvalue weighted by molar-refractivity contribution is 0.354. The van der Waals surface area contributed by atoms with Crippen molar-refractivity contribution in [1.82, 2.24) is 9.88 Å². The fourth-order valence-electron chi connectivity index (χ4n) is 2.32. The molecule has 2 aromatic rings. The second kappa shape index (κ2) is 7.65. The van der Waals surface area contributed by atoms with Gasteiger partial charge in [0.05, 0.1) is 18.7 Å². The first kappa shape index (κ1) is 16.8. The summed E-state index contributed by atoms with van der Waals surface area (Å²) in [6.07, 6.45) is 2.85. The molecule has 2 rings (SSSR count). The Morgan fingerprint density at radius 1 is 1.23 bits per heavy atom. The highest BCUT2D eigenvalue weighted by Gasteiger charge is 2.15. The highest BCUT2D eigenvalue weighted by Crippen LogP contribution is 2.42. The van der Waals surface area contributed by atoms with E-state index in [1.807, 2.05) is 12.1 Å². The first-order valence-corrected chi connectivity index (χ1v) is 7.95. The summed E-state index contributed by atoms with van der Waals surface area (Å²) in [5.41, 5.74) is 0. The zero-order valence-electron chi connectivity index (χ0n) is 13.4. The van der Waals surface area contributed by atoms with Gasteiger partial charge in [-0.25, -0.2) is 4.98 Å². The molecule has 1 aromatic carbocycles. The van der Waals surface area contributed by atoms with Crippen molar-refractivity contribution in [2.45, 2.75) is 6.42 Å². The minimum atomic E-state index is 0.686. The van der Waals surface area contributed by atoms with E-state index < -0.39 is 0 Å². The Kier molecular flexibility index (Phi) is 5.85. The number of hydrogen-bond acceptors (Lipinski definition) is 5. The van der Waals surface area contributed by atoms with Crippen molar-refractivity contribution in [2.24, 2.45) is 0 Å².